The van der Waals surface area contributed by atoms with Crippen LogP contribution in [0.1, 0.15) is 21.5 Å². The lowest BCUT2D eigenvalue weighted by molar-refractivity contribution is -0.115. The smallest absolute Gasteiger partial charge is 0.338 e. The molecule has 0 bridgehead atoms. The Morgan fingerprint density at radius 1 is 1.10 bits per heavy atom. The first-order valence-electron chi connectivity index (χ1n) is 6.38. The van der Waals surface area contributed by atoms with Crippen molar-refractivity contribution in [3.8, 4) is 5.75 Å². The van der Waals surface area contributed by atoms with Gasteiger partial charge in [0.1, 0.15) is 5.75 Å². The van der Waals surface area contributed by atoms with E-state index in [4.69, 9.17) is 0 Å². The summed E-state index contributed by atoms with van der Waals surface area (Å²) in [6.07, 6.45) is 0.104. The molecule has 2 aromatic carbocycles. The summed E-state index contributed by atoms with van der Waals surface area (Å²) in [4.78, 5) is 23.2. The van der Waals surface area contributed by atoms with Crippen molar-refractivity contribution < 1.29 is 19.8 Å². The molecular weight excluding hydrogens is 270 g/mol. The highest BCUT2D eigenvalue weighted by Gasteiger charge is 2.15. The van der Waals surface area contributed by atoms with Crippen molar-refractivity contribution in [3.05, 3.63) is 59.2 Å². The van der Waals surface area contributed by atoms with Crippen LogP contribution in [0.25, 0.3) is 0 Å². The van der Waals surface area contributed by atoms with Crippen LogP contribution < -0.4 is 5.32 Å². The Bertz CT molecular complexity index is 677. The number of aromatic carboxylic acids is 1. The maximum absolute atomic E-state index is 12.0. The maximum Gasteiger partial charge on any atom is 0.338 e. The number of anilines is 1. The zero-order valence-electron chi connectivity index (χ0n) is 11.5. The van der Waals surface area contributed by atoms with Crippen LogP contribution in [0.15, 0.2) is 42.5 Å². The van der Waals surface area contributed by atoms with E-state index in [2.05, 4.69) is 5.32 Å². The van der Waals surface area contributed by atoms with Gasteiger partial charge in [0, 0.05) is 0 Å². The van der Waals surface area contributed by atoms with Crippen molar-refractivity contribution in [2.45, 2.75) is 13.3 Å². The number of aryl methyl sites for hydroxylation is 1. The van der Waals surface area contributed by atoms with Gasteiger partial charge in [-0.1, -0.05) is 24.3 Å². The monoisotopic (exact) mass is 285 g/mol. The molecule has 0 atom stereocenters. The molecule has 3 N–H and O–H groups in total. The van der Waals surface area contributed by atoms with E-state index in [1.807, 2.05) is 0 Å². The van der Waals surface area contributed by atoms with Gasteiger partial charge in [-0.2, -0.15) is 0 Å². The minimum Gasteiger partial charge on any atom is -0.508 e. The summed E-state index contributed by atoms with van der Waals surface area (Å²) in [5, 5.41) is 21.0. The molecule has 0 aliphatic rings. The number of phenolic OH excluding ortho intramolecular Hbond substituents is 1. The van der Waals surface area contributed by atoms with E-state index in [0.717, 1.165) is 5.56 Å². The average Bonchev–Trinajstić information content (AvgIpc) is 2.41. The number of amides is 1. The van der Waals surface area contributed by atoms with E-state index in [1.54, 1.807) is 37.3 Å². The van der Waals surface area contributed by atoms with E-state index in [9.17, 15) is 19.8 Å². The second kappa shape index (κ2) is 6.09. The van der Waals surface area contributed by atoms with Gasteiger partial charge in [-0.15, -0.1) is 0 Å². The molecule has 1 amide bonds. The number of carboxylic acid groups (broad SMARTS) is 1. The highest BCUT2D eigenvalue weighted by molar-refractivity contribution is 6.02. The van der Waals surface area contributed by atoms with E-state index >= 15 is 0 Å². The molecule has 0 aliphatic heterocycles. The number of carbonyl (C=O) groups excluding carboxylic acids is 1. The fraction of sp³-hybridized carbons (Fsp3) is 0.125. The number of phenols is 1. The Morgan fingerprint density at radius 2 is 1.76 bits per heavy atom. The summed E-state index contributed by atoms with van der Waals surface area (Å²) >= 11 is 0. The summed E-state index contributed by atoms with van der Waals surface area (Å²) in [7, 11) is 0. The van der Waals surface area contributed by atoms with E-state index in [-0.39, 0.29) is 29.3 Å². The van der Waals surface area contributed by atoms with Gasteiger partial charge >= 0.3 is 5.97 Å². The Labute approximate surface area is 121 Å². The Morgan fingerprint density at radius 3 is 2.38 bits per heavy atom. The molecule has 0 heterocycles. The molecule has 0 spiro atoms. The van der Waals surface area contributed by atoms with Gasteiger partial charge in [0.05, 0.1) is 17.7 Å². The van der Waals surface area contributed by atoms with Crippen LogP contribution in [0.5, 0.6) is 5.75 Å². The first-order chi connectivity index (χ1) is 9.97. The number of aromatic hydroxyl groups is 1. The minimum absolute atomic E-state index is 0.0940. The zero-order valence-corrected chi connectivity index (χ0v) is 11.5. The zero-order chi connectivity index (χ0) is 15.4. The molecule has 0 unspecified atom stereocenters. The molecule has 0 saturated heterocycles. The normalized spacial score (nSPS) is 10.1. The van der Waals surface area contributed by atoms with Crippen LogP contribution in [-0.2, 0) is 11.2 Å². The molecular formula is C16H15NO4. The lowest BCUT2D eigenvalue weighted by atomic mass is 10.1. The summed E-state index contributed by atoms with van der Waals surface area (Å²) in [6.45, 7) is 1.68. The lowest BCUT2D eigenvalue weighted by Gasteiger charge is -2.10. The Hall–Kier alpha value is -2.82. The number of carboxylic acids is 1. The van der Waals surface area contributed by atoms with Gasteiger partial charge < -0.3 is 15.5 Å². The van der Waals surface area contributed by atoms with Crippen molar-refractivity contribution in [2.24, 2.45) is 0 Å². The van der Waals surface area contributed by atoms with Gasteiger partial charge in [0.15, 0.2) is 0 Å². The predicted molar refractivity (Wildman–Crippen MR) is 78.6 cm³/mol. The highest BCUT2D eigenvalue weighted by atomic mass is 16.4. The van der Waals surface area contributed by atoms with E-state index in [1.165, 1.54) is 12.1 Å². The lowest BCUT2D eigenvalue weighted by Crippen LogP contribution is -2.17. The SMILES string of the molecule is Cc1cccc(NC(=O)Cc2ccc(O)cc2)c1C(=O)O. The molecule has 0 saturated carbocycles. The van der Waals surface area contributed by atoms with Crippen LogP contribution in [0.4, 0.5) is 5.69 Å². The highest BCUT2D eigenvalue weighted by Crippen LogP contribution is 2.20. The average molecular weight is 285 g/mol. The molecule has 2 rings (SSSR count). The Kier molecular flexibility index (Phi) is 4.23. The van der Waals surface area contributed by atoms with Crippen molar-refractivity contribution in [2.75, 3.05) is 5.32 Å². The van der Waals surface area contributed by atoms with Crippen LogP contribution in [-0.4, -0.2) is 22.1 Å². The second-order valence-corrected chi connectivity index (χ2v) is 4.69. The van der Waals surface area contributed by atoms with Crippen LogP contribution >= 0.6 is 0 Å². The molecule has 5 heteroatoms. The van der Waals surface area contributed by atoms with Gasteiger partial charge in [-0.25, -0.2) is 4.79 Å². The van der Waals surface area contributed by atoms with Gasteiger partial charge in [-0.3, -0.25) is 4.79 Å². The number of rotatable bonds is 4. The van der Waals surface area contributed by atoms with Gasteiger partial charge in [0.25, 0.3) is 0 Å². The summed E-state index contributed by atoms with van der Waals surface area (Å²) in [5.74, 6) is -1.26. The van der Waals surface area contributed by atoms with Crippen LogP contribution in [0, 0.1) is 6.92 Å². The molecule has 0 fully saturated rings. The van der Waals surface area contributed by atoms with E-state index < -0.39 is 5.97 Å². The largest absolute Gasteiger partial charge is 0.508 e. The van der Waals surface area contributed by atoms with E-state index in [0.29, 0.717) is 5.56 Å². The topological polar surface area (TPSA) is 86.6 Å². The first-order valence-corrected chi connectivity index (χ1v) is 6.38. The third-order valence-corrected chi connectivity index (χ3v) is 3.06. The third kappa shape index (κ3) is 3.60. The molecule has 0 aromatic heterocycles. The number of hydrogen-bond acceptors (Lipinski definition) is 3. The molecule has 21 heavy (non-hydrogen) atoms. The third-order valence-electron chi connectivity index (χ3n) is 3.06. The molecule has 0 aliphatic carbocycles. The fourth-order valence-electron chi connectivity index (χ4n) is 2.05. The van der Waals surface area contributed by atoms with Crippen LogP contribution in [0.2, 0.25) is 0 Å². The predicted octanol–water partition coefficient (Wildman–Crippen LogP) is 2.58. The Balaban J connectivity index is 2.15. The van der Waals surface area contributed by atoms with Crippen LogP contribution in [0.3, 0.4) is 0 Å². The summed E-state index contributed by atoms with van der Waals surface area (Å²) in [6, 6.07) is 11.2. The molecule has 2 aromatic rings. The summed E-state index contributed by atoms with van der Waals surface area (Å²) < 4.78 is 0. The quantitative estimate of drug-likeness (QED) is 0.805. The van der Waals surface area contributed by atoms with Crippen molar-refractivity contribution in [1.82, 2.24) is 0 Å². The number of nitrogens with one attached hydrogen (secondary N) is 1. The first kappa shape index (κ1) is 14.6. The molecule has 0 radical (unpaired) electrons. The van der Waals surface area contributed by atoms with Crippen molar-refractivity contribution in [1.29, 1.82) is 0 Å². The number of benzene rings is 2. The summed E-state index contributed by atoms with van der Waals surface area (Å²) in [5.41, 5.74) is 1.70. The fourth-order valence-corrected chi connectivity index (χ4v) is 2.05. The minimum atomic E-state index is -1.08. The van der Waals surface area contributed by atoms with Gasteiger partial charge in [0.2, 0.25) is 5.91 Å². The number of carbonyl (C=O) groups is 2. The molecule has 108 valence electrons. The van der Waals surface area contributed by atoms with Crippen molar-refractivity contribution >= 4 is 17.6 Å². The molecule has 5 nitrogen and oxygen atoms in total. The standard InChI is InChI=1S/C16H15NO4/c1-10-3-2-4-13(15(10)16(20)21)17-14(19)9-11-5-7-12(18)8-6-11/h2-8,18H,9H2,1H3,(H,17,19)(H,20,21). The maximum atomic E-state index is 12.0. The number of hydrogen-bond donors (Lipinski definition) is 3. The second-order valence-electron chi connectivity index (χ2n) is 4.69. The van der Waals surface area contributed by atoms with Gasteiger partial charge in [-0.05, 0) is 36.2 Å². The van der Waals surface area contributed by atoms with Crippen molar-refractivity contribution in [3.63, 3.8) is 0 Å².